The van der Waals surface area contributed by atoms with Gasteiger partial charge in [-0.25, -0.2) is 0 Å². The summed E-state index contributed by atoms with van der Waals surface area (Å²) in [6.07, 6.45) is -0.432. The van der Waals surface area contributed by atoms with Crippen LogP contribution in [0, 0.1) is 10.1 Å². The van der Waals surface area contributed by atoms with Gasteiger partial charge in [-0.1, -0.05) is 42.5 Å². The summed E-state index contributed by atoms with van der Waals surface area (Å²) in [5.41, 5.74) is 7.99. The molecule has 0 spiro atoms. The molecule has 6 heteroatoms. The molecular formula is C17H14BrN3O2. The largest absolute Gasteiger partial charge is 0.365 e. The number of nitro benzene ring substituents is 1. The number of nitrogens with two attached hydrogens (primary N) is 1. The van der Waals surface area contributed by atoms with Gasteiger partial charge in [0.2, 0.25) is 0 Å². The third kappa shape index (κ3) is 3.18. The molecule has 0 fully saturated rings. The molecule has 0 saturated heterocycles. The highest BCUT2D eigenvalue weighted by molar-refractivity contribution is 9.10. The second kappa shape index (κ2) is 6.36. The third-order valence-electron chi connectivity index (χ3n) is 3.63. The topological polar surface area (TPSA) is 81.2 Å². The second-order valence-corrected chi connectivity index (χ2v) is 5.97. The number of non-ortho nitro benzene ring substituents is 1. The zero-order chi connectivity index (χ0) is 16.4. The van der Waals surface area contributed by atoms with Gasteiger partial charge in [-0.2, -0.15) is 0 Å². The number of rotatable bonds is 4. The van der Waals surface area contributed by atoms with Crippen molar-refractivity contribution >= 4 is 38.1 Å². The molecule has 3 aromatic carbocycles. The van der Waals surface area contributed by atoms with Crippen LogP contribution >= 0.6 is 15.9 Å². The van der Waals surface area contributed by atoms with Crippen molar-refractivity contribution in [2.45, 2.75) is 6.17 Å². The first-order chi connectivity index (χ1) is 11.1. The van der Waals surface area contributed by atoms with Gasteiger partial charge in [0.05, 0.1) is 10.6 Å². The Bertz CT molecular complexity index is 877. The summed E-state index contributed by atoms with van der Waals surface area (Å²) in [4.78, 5) is 10.4. The SMILES string of the molecule is NC(Nc1ccc([N+](=O)[O-])cc1Br)c1cccc2ccccc12. The first-order valence-electron chi connectivity index (χ1n) is 7.00. The van der Waals surface area contributed by atoms with E-state index in [-0.39, 0.29) is 5.69 Å². The number of fused-ring (bicyclic) bond motifs is 1. The molecule has 3 N–H and O–H groups in total. The molecule has 3 aromatic rings. The van der Waals surface area contributed by atoms with Crippen LogP contribution in [0.2, 0.25) is 0 Å². The van der Waals surface area contributed by atoms with Gasteiger partial charge in [-0.05, 0) is 38.3 Å². The summed E-state index contributed by atoms with van der Waals surface area (Å²) >= 11 is 3.34. The summed E-state index contributed by atoms with van der Waals surface area (Å²) in [7, 11) is 0. The number of nitrogens with one attached hydrogen (secondary N) is 1. The predicted octanol–water partition coefficient (Wildman–Crippen LogP) is 4.58. The fraction of sp³-hybridized carbons (Fsp3) is 0.0588. The van der Waals surface area contributed by atoms with Crippen LogP contribution in [-0.2, 0) is 0 Å². The first kappa shape index (κ1) is 15.5. The van der Waals surface area contributed by atoms with E-state index in [1.807, 2.05) is 42.5 Å². The van der Waals surface area contributed by atoms with Crippen LogP contribution in [0.1, 0.15) is 11.7 Å². The van der Waals surface area contributed by atoms with E-state index in [4.69, 9.17) is 5.73 Å². The van der Waals surface area contributed by atoms with Crippen LogP contribution in [0.15, 0.2) is 65.1 Å². The van der Waals surface area contributed by atoms with Crippen molar-refractivity contribution in [1.29, 1.82) is 0 Å². The molecular weight excluding hydrogens is 358 g/mol. The van der Waals surface area contributed by atoms with Crippen molar-refractivity contribution < 1.29 is 4.92 Å². The molecule has 0 amide bonds. The van der Waals surface area contributed by atoms with Crippen molar-refractivity contribution in [2.75, 3.05) is 5.32 Å². The van der Waals surface area contributed by atoms with E-state index in [0.717, 1.165) is 16.3 Å². The van der Waals surface area contributed by atoms with Crippen LogP contribution in [0.25, 0.3) is 10.8 Å². The Hall–Kier alpha value is -2.44. The van der Waals surface area contributed by atoms with E-state index in [1.165, 1.54) is 12.1 Å². The van der Waals surface area contributed by atoms with Crippen LogP contribution in [0.3, 0.4) is 0 Å². The van der Waals surface area contributed by atoms with Gasteiger partial charge >= 0.3 is 0 Å². The Labute approximate surface area is 141 Å². The fourth-order valence-corrected chi connectivity index (χ4v) is 2.98. The quantitative estimate of drug-likeness (QED) is 0.399. The van der Waals surface area contributed by atoms with E-state index in [1.54, 1.807) is 6.07 Å². The van der Waals surface area contributed by atoms with Gasteiger partial charge in [0, 0.05) is 16.6 Å². The van der Waals surface area contributed by atoms with Gasteiger partial charge in [-0.3, -0.25) is 10.1 Å². The maximum Gasteiger partial charge on any atom is 0.270 e. The normalized spacial score (nSPS) is 12.1. The highest BCUT2D eigenvalue weighted by Gasteiger charge is 2.13. The lowest BCUT2D eigenvalue weighted by atomic mass is 10.0. The van der Waals surface area contributed by atoms with Gasteiger partial charge in [0.25, 0.3) is 5.69 Å². The zero-order valence-electron chi connectivity index (χ0n) is 12.1. The Morgan fingerprint density at radius 1 is 1.09 bits per heavy atom. The highest BCUT2D eigenvalue weighted by Crippen LogP contribution is 2.30. The van der Waals surface area contributed by atoms with Gasteiger partial charge in [-0.15, -0.1) is 0 Å². The van der Waals surface area contributed by atoms with Crippen LogP contribution in [0.4, 0.5) is 11.4 Å². The molecule has 0 aliphatic heterocycles. The van der Waals surface area contributed by atoms with E-state index in [9.17, 15) is 10.1 Å². The Balaban J connectivity index is 1.92. The fourth-order valence-electron chi connectivity index (χ4n) is 2.50. The number of hydrogen-bond donors (Lipinski definition) is 2. The molecule has 1 atom stereocenters. The molecule has 0 heterocycles. The molecule has 5 nitrogen and oxygen atoms in total. The molecule has 0 aliphatic rings. The lowest BCUT2D eigenvalue weighted by Gasteiger charge is -2.18. The summed E-state index contributed by atoms with van der Waals surface area (Å²) in [5.74, 6) is 0. The predicted molar refractivity (Wildman–Crippen MR) is 95.3 cm³/mol. The summed E-state index contributed by atoms with van der Waals surface area (Å²) in [5, 5.41) is 16.2. The molecule has 0 aromatic heterocycles. The number of nitro groups is 1. The highest BCUT2D eigenvalue weighted by atomic mass is 79.9. The Morgan fingerprint density at radius 2 is 1.83 bits per heavy atom. The Morgan fingerprint density at radius 3 is 2.57 bits per heavy atom. The van der Waals surface area contributed by atoms with Crippen molar-refractivity contribution in [2.24, 2.45) is 5.73 Å². The molecule has 0 bridgehead atoms. The molecule has 3 rings (SSSR count). The number of halogens is 1. The zero-order valence-corrected chi connectivity index (χ0v) is 13.7. The van der Waals surface area contributed by atoms with E-state index >= 15 is 0 Å². The molecule has 0 saturated carbocycles. The first-order valence-corrected chi connectivity index (χ1v) is 7.79. The second-order valence-electron chi connectivity index (χ2n) is 5.11. The number of anilines is 1. The third-order valence-corrected chi connectivity index (χ3v) is 4.29. The van der Waals surface area contributed by atoms with Crippen LogP contribution in [0.5, 0.6) is 0 Å². The van der Waals surface area contributed by atoms with Gasteiger partial charge in [0.1, 0.15) is 6.17 Å². The maximum atomic E-state index is 10.8. The average molecular weight is 372 g/mol. The number of nitrogens with zero attached hydrogens (tertiary/aromatic N) is 1. The summed E-state index contributed by atoms with van der Waals surface area (Å²) in [6, 6.07) is 18.5. The number of benzene rings is 3. The maximum absolute atomic E-state index is 10.8. The molecule has 0 radical (unpaired) electrons. The molecule has 0 aliphatic carbocycles. The van der Waals surface area contributed by atoms with Gasteiger partial charge in [0.15, 0.2) is 0 Å². The van der Waals surface area contributed by atoms with E-state index < -0.39 is 11.1 Å². The van der Waals surface area contributed by atoms with Gasteiger partial charge < -0.3 is 11.1 Å². The van der Waals surface area contributed by atoms with Crippen molar-refractivity contribution in [1.82, 2.24) is 0 Å². The minimum atomic E-state index is -0.432. The van der Waals surface area contributed by atoms with Crippen LogP contribution < -0.4 is 11.1 Å². The van der Waals surface area contributed by atoms with Crippen LogP contribution in [-0.4, -0.2) is 4.92 Å². The standard InChI is InChI=1S/C17H14BrN3O2/c18-15-10-12(21(22)23)8-9-16(15)20-17(19)14-7-3-5-11-4-1-2-6-13(11)14/h1-10,17,20H,19H2. The lowest BCUT2D eigenvalue weighted by Crippen LogP contribution is -2.20. The minimum Gasteiger partial charge on any atom is -0.365 e. The van der Waals surface area contributed by atoms with Crippen molar-refractivity contribution in [3.63, 3.8) is 0 Å². The van der Waals surface area contributed by atoms with E-state index in [2.05, 4.69) is 21.2 Å². The molecule has 1 unspecified atom stereocenters. The van der Waals surface area contributed by atoms with E-state index in [0.29, 0.717) is 10.2 Å². The summed E-state index contributed by atoms with van der Waals surface area (Å²) in [6.45, 7) is 0. The smallest absolute Gasteiger partial charge is 0.270 e. The number of hydrogen-bond acceptors (Lipinski definition) is 4. The minimum absolute atomic E-state index is 0.0288. The summed E-state index contributed by atoms with van der Waals surface area (Å²) < 4.78 is 0.599. The molecule has 116 valence electrons. The Kier molecular flexibility index (Phi) is 4.27. The molecule has 23 heavy (non-hydrogen) atoms. The van der Waals surface area contributed by atoms with Crippen molar-refractivity contribution in [3.05, 3.63) is 80.8 Å². The lowest BCUT2D eigenvalue weighted by molar-refractivity contribution is -0.384. The van der Waals surface area contributed by atoms with Crippen molar-refractivity contribution in [3.8, 4) is 0 Å². The average Bonchev–Trinajstić information content (AvgIpc) is 2.56. The monoisotopic (exact) mass is 371 g/mol.